The lowest BCUT2D eigenvalue weighted by atomic mass is 10.1. The number of halogens is 1. The van der Waals surface area contributed by atoms with Gasteiger partial charge in [0.25, 0.3) is 0 Å². The predicted molar refractivity (Wildman–Crippen MR) is 103 cm³/mol. The van der Waals surface area contributed by atoms with Gasteiger partial charge in [-0.2, -0.15) is 10.1 Å². The van der Waals surface area contributed by atoms with Crippen LogP contribution in [0.25, 0.3) is 0 Å². The Bertz CT molecular complexity index is 949. The van der Waals surface area contributed by atoms with Gasteiger partial charge < -0.3 is 15.0 Å². The summed E-state index contributed by atoms with van der Waals surface area (Å²) in [5.41, 5.74) is 3.25. The van der Waals surface area contributed by atoms with Crippen molar-refractivity contribution in [2.75, 3.05) is 17.3 Å². The van der Waals surface area contributed by atoms with Crippen molar-refractivity contribution in [3.05, 3.63) is 59.2 Å². The summed E-state index contributed by atoms with van der Waals surface area (Å²) in [7, 11) is 1.58. The highest BCUT2D eigenvalue weighted by Gasteiger charge is 2.28. The molecule has 4 rings (SSSR count). The molecule has 0 radical (unpaired) electrons. The number of aromatic nitrogens is 3. The molecule has 0 amide bonds. The van der Waals surface area contributed by atoms with Gasteiger partial charge in [0.1, 0.15) is 5.75 Å². The van der Waals surface area contributed by atoms with Gasteiger partial charge in [-0.1, -0.05) is 29.8 Å². The van der Waals surface area contributed by atoms with Crippen LogP contribution in [0.1, 0.15) is 12.5 Å². The number of rotatable bonds is 4. The van der Waals surface area contributed by atoms with Crippen LogP contribution in [0.3, 0.4) is 0 Å². The first-order valence-corrected chi connectivity index (χ1v) is 8.71. The van der Waals surface area contributed by atoms with Crippen LogP contribution in [0.15, 0.2) is 48.7 Å². The normalized spacial score (nSPS) is 15.7. The summed E-state index contributed by atoms with van der Waals surface area (Å²) in [4.78, 5) is 6.83. The Hall–Kier alpha value is -2.86. The van der Waals surface area contributed by atoms with E-state index in [-0.39, 0.29) is 0 Å². The topological polar surface area (TPSA) is 63.2 Å². The highest BCUT2D eigenvalue weighted by molar-refractivity contribution is 6.32. The highest BCUT2D eigenvalue weighted by atomic mass is 35.5. The molecule has 132 valence electrons. The van der Waals surface area contributed by atoms with E-state index < -0.39 is 0 Å². The summed E-state index contributed by atoms with van der Waals surface area (Å²) < 4.78 is 5.17. The summed E-state index contributed by atoms with van der Waals surface area (Å²) in [6.07, 6.45) is 2.67. The van der Waals surface area contributed by atoms with Gasteiger partial charge in [0.05, 0.1) is 18.3 Å². The van der Waals surface area contributed by atoms with E-state index in [1.165, 1.54) is 11.3 Å². The summed E-state index contributed by atoms with van der Waals surface area (Å²) >= 11 is 6.18. The fourth-order valence-corrected chi connectivity index (χ4v) is 3.51. The Morgan fingerprint density at radius 1 is 1.23 bits per heavy atom. The van der Waals surface area contributed by atoms with E-state index in [1.807, 2.05) is 12.1 Å². The van der Waals surface area contributed by atoms with Gasteiger partial charge in [-0.25, -0.2) is 0 Å². The van der Waals surface area contributed by atoms with E-state index in [4.69, 9.17) is 16.3 Å². The number of anilines is 4. The molecule has 1 aromatic heterocycles. The van der Waals surface area contributed by atoms with E-state index in [9.17, 15) is 0 Å². The van der Waals surface area contributed by atoms with Crippen molar-refractivity contribution in [2.24, 2.45) is 0 Å². The van der Waals surface area contributed by atoms with Crippen molar-refractivity contribution in [3.63, 3.8) is 0 Å². The predicted octanol–water partition coefficient (Wildman–Crippen LogP) is 4.36. The first kappa shape index (κ1) is 16.6. The largest absolute Gasteiger partial charge is 0.495 e. The second-order valence-electron chi connectivity index (χ2n) is 6.16. The van der Waals surface area contributed by atoms with Gasteiger partial charge in [0.2, 0.25) is 5.95 Å². The minimum atomic E-state index is 0.312. The number of fused-ring (bicyclic) bond motifs is 1. The molecule has 2 heterocycles. The molecular weight excluding hydrogens is 350 g/mol. The number of nitrogens with one attached hydrogen (secondary N) is 1. The monoisotopic (exact) mass is 367 g/mol. The van der Waals surface area contributed by atoms with E-state index in [1.54, 1.807) is 25.4 Å². The Labute approximate surface area is 156 Å². The molecule has 0 fully saturated rings. The number of methoxy groups -OCH3 is 1. The Balaban J connectivity index is 1.62. The third-order valence-electron chi connectivity index (χ3n) is 4.41. The minimum absolute atomic E-state index is 0.312. The number of benzene rings is 2. The maximum Gasteiger partial charge on any atom is 0.249 e. The zero-order valence-electron chi connectivity index (χ0n) is 14.5. The van der Waals surface area contributed by atoms with Crippen molar-refractivity contribution in [3.8, 4) is 5.75 Å². The van der Waals surface area contributed by atoms with E-state index in [2.05, 4.69) is 50.5 Å². The highest BCUT2D eigenvalue weighted by Crippen LogP contribution is 2.37. The average molecular weight is 368 g/mol. The van der Waals surface area contributed by atoms with Crippen LogP contribution in [0.4, 0.5) is 23.1 Å². The molecule has 0 saturated carbocycles. The number of hydrogen-bond donors (Lipinski definition) is 1. The quantitative estimate of drug-likeness (QED) is 0.739. The fourth-order valence-electron chi connectivity index (χ4n) is 3.25. The SMILES string of the molecule is COc1ccc(Nc2nncc(N3c4ccccc4CC3C)n2)cc1Cl. The van der Waals surface area contributed by atoms with Crippen LogP contribution in [-0.2, 0) is 6.42 Å². The van der Waals surface area contributed by atoms with Crippen molar-refractivity contribution in [1.29, 1.82) is 0 Å². The molecular formula is C19H18ClN5O. The standard InChI is InChI=1S/C19H18ClN5O/c1-12-9-13-5-3-4-6-16(13)25(12)18-11-21-24-19(23-18)22-14-7-8-17(26-2)15(20)10-14/h3-8,10-12H,9H2,1-2H3,(H,22,23,24). The molecule has 1 aliphatic rings. The van der Waals surface area contributed by atoms with E-state index in [0.29, 0.717) is 22.8 Å². The second kappa shape index (κ2) is 6.80. The van der Waals surface area contributed by atoms with Crippen LogP contribution < -0.4 is 15.0 Å². The van der Waals surface area contributed by atoms with Crippen LogP contribution in [-0.4, -0.2) is 28.3 Å². The number of hydrogen-bond acceptors (Lipinski definition) is 6. The van der Waals surface area contributed by atoms with Crippen molar-refractivity contribution in [1.82, 2.24) is 15.2 Å². The van der Waals surface area contributed by atoms with Crippen molar-refractivity contribution >= 4 is 34.7 Å². The zero-order valence-corrected chi connectivity index (χ0v) is 15.2. The van der Waals surface area contributed by atoms with Gasteiger partial charge in [0, 0.05) is 17.4 Å². The molecule has 26 heavy (non-hydrogen) atoms. The van der Waals surface area contributed by atoms with Crippen LogP contribution in [0.5, 0.6) is 5.75 Å². The smallest absolute Gasteiger partial charge is 0.249 e. The van der Waals surface area contributed by atoms with Gasteiger partial charge >= 0.3 is 0 Å². The van der Waals surface area contributed by atoms with E-state index >= 15 is 0 Å². The molecule has 0 saturated heterocycles. The Morgan fingerprint density at radius 2 is 2.08 bits per heavy atom. The summed E-state index contributed by atoms with van der Waals surface area (Å²) in [6.45, 7) is 2.18. The van der Waals surface area contributed by atoms with Crippen molar-refractivity contribution < 1.29 is 4.74 Å². The molecule has 1 N–H and O–H groups in total. The average Bonchev–Trinajstić information content (AvgIpc) is 2.98. The van der Waals surface area contributed by atoms with Crippen LogP contribution in [0, 0.1) is 0 Å². The first-order valence-electron chi connectivity index (χ1n) is 8.33. The summed E-state index contributed by atoms with van der Waals surface area (Å²) in [5, 5.41) is 11.9. The Morgan fingerprint density at radius 3 is 2.88 bits per heavy atom. The molecule has 6 nitrogen and oxygen atoms in total. The Kier molecular flexibility index (Phi) is 4.34. The lowest BCUT2D eigenvalue weighted by molar-refractivity contribution is 0.415. The van der Waals surface area contributed by atoms with Gasteiger partial charge in [-0.15, -0.1) is 5.10 Å². The summed E-state index contributed by atoms with van der Waals surface area (Å²) in [6, 6.07) is 14.1. The van der Waals surface area contributed by atoms with Gasteiger partial charge in [-0.3, -0.25) is 0 Å². The summed E-state index contributed by atoms with van der Waals surface area (Å²) in [5.74, 6) is 1.80. The lowest BCUT2D eigenvalue weighted by Gasteiger charge is -2.23. The maximum absolute atomic E-state index is 6.18. The minimum Gasteiger partial charge on any atom is -0.495 e. The maximum atomic E-state index is 6.18. The molecule has 1 atom stereocenters. The molecule has 2 aromatic carbocycles. The van der Waals surface area contributed by atoms with Crippen LogP contribution in [0.2, 0.25) is 5.02 Å². The lowest BCUT2D eigenvalue weighted by Crippen LogP contribution is -2.25. The van der Waals surface area contributed by atoms with Gasteiger partial charge in [0.15, 0.2) is 5.82 Å². The third-order valence-corrected chi connectivity index (χ3v) is 4.70. The third kappa shape index (κ3) is 3.04. The molecule has 1 aliphatic heterocycles. The van der Waals surface area contributed by atoms with E-state index in [0.717, 1.165) is 17.9 Å². The fraction of sp³-hybridized carbons (Fsp3) is 0.211. The number of ether oxygens (including phenoxy) is 1. The number of nitrogens with zero attached hydrogens (tertiary/aromatic N) is 4. The van der Waals surface area contributed by atoms with Gasteiger partial charge in [-0.05, 0) is 43.2 Å². The van der Waals surface area contributed by atoms with Crippen LogP contribution >= 0.6 is 11.6 Å². The molecule has 3 aromatic rings. The zero-order chi connectivity index (χ0) is 18.1. The molecule has 0 aliphatic carbocycles. The first-order chi connectivity index (χ1) is 12.7. The second-order valence-corrected chi connectivity index (χ2v) is 6.57. The number of para-hydroxylation sites is 1. The molecule has 1 unspecified atom stereocenters. The molecule has 7 heteroatoms. The molecule has 0 bridgehead atoms. The van der Waals surface area contributed by atoms with Crippen molar-refractivity contribution in [2.45, 2.75) is 19.4 Å². The molecule has 0 spiro atoms.